The van der Waals surface area contributed by atoms with Crippen LogP contribution < -0.4 is 5.56 Å². The second-order valence-electron chi connectivity index (χ2n) is 5.65. The Hall–Kier alpha value is -3.17. The maximum Gasteiger partial charge on any atom is 0.338 e. The first kappa shape index (κ1) is 17.3. The number of aromatic carboxylic acids is 1. The second-order valence-corrected chi connectivity index (χ2v) is 6.47. The third-order valence-corrected chi connectivity index (χ3v) is 4.59. The summed E-state index contributed by atoms with van der Waals surface area (Å²) in [6.45, 7) is 0.301. The number of aromatic amines is 1. The molecule has 2 N–H and O–H groups in total. The number of aromatic nitrogens is 6. The van der Waals surface area contributed by atoms with Gasteiger partial charge in [-0.1, -0.05) is 29.3 Å². The maximum absolute atomic E-state index is 12.5. The number of fused-ring (bicyclic) bond motifs is 1. The molecule has 0 bridgehead atoms. The summed E-state index contributed by atoms with van der Waals surface area (Å²) in [7, 11) is 0. The molecule has 11 heteroatoms. The molecule has 0 spiro atoms. The van der Waals surface area contributed by atoms with E-state index in [9.17, 15) is 9.59 Å². The molecular weight excluding hydrogens is 395 g/mol. The van der Waals surface area contributed by atoms with Gasteiger partial charge in [-0.05, 0) is 17.7 Å². The first-order valence-electron chi connectivity index (χ1n) is 7.60. The fourth-order valence-electron chi connectivity index (χ4n) is 2.58. The van der Waals surface area contributed by atoms with E-state index >= 15 is 0 Å². The topological polar surface area (TPSA) is 119 Å². The van der Waals surface area contributed by atoms with E-state index in [1.165, 1.54) is 28.0 Å². The molecule has 1 aromatic carbocycles. The highest BCUT2D eigenvalue weighted by Gasteiger charge is 2.14. The Morgan fingerprint density at radius 3 is 2.70 bits per heavy atom. The van der Waals surface area contributed by atoms with Crippen LogP contribution in [0.1, 0.15) is 15.9 Å². The van der Waals surface area contributed by atoms with Crippen LogP contribution in [0.4, 0.5) is 0 Å². The first-order chi connectivity index (χ1) is 12.9. The lowest BCUT2D eigenvalue weighted by atomic mass is 10.2. The van der Waals surface area contributed by atoms with Crippen molar-refractivity contribution in [3.8, 4) is 5.95 Å². The van der Waals surface area contributed by atoms with Crippen molar-refractivity contribution in [2.45, 2.75) is 6.54 Å². The summed E-state index contributed by atoms with van der Waals surface area (Å²) in [5.74, 6) is -1.03. The number of nitrogens with one attached hydrogen (secondary N) is 1. The molecule has 0 amide bonds. The van der Waals surface area contributed by atoms with Crippen molar-refractivity contribution < 1.29 is 9.90 Å². The molecule has 0 fully saturated rings. The minimum atomic E-state index is -1.13. The average Bonchev–Trinajstić information content (AvgIpc) is 3.26. The summed E-state index contributed by atoms with van der Waals surface area (Å²) in [5, 5.41) is 17.9. The molecule has 0 aliphatic heterocycles. The van der Waals surface area contributed by atoms with E-state index in [0.717, 1.165) is 5.56 Å². The summed E-state index contributed by atoms with van der Waals surface area (Å²) < 4.78 is 2.68. The third-order valence-electron chi connectivity index (χ3n) is 3.85. The quantitative estimate of drug-likeness (QED) is 0.538. The highest BCUT2D eigenvalue weighted by Crippen LogP contribution is 2.23. The van der Waals surface area contributed by atoms with E-state index in [1.54, 1.807) is 18.2 Å². The van der Waals surface area contributed by atoms with Crippen LogP contribution in [-0.4, -0.2) is 40.6 Å². The molecule has 0 unspecified atom stereocenters. The second kappa shape index (κ2) is 6.53. The van der Waals surface area contributed by atoms with Gasteiger partial charge in [0, 0.05) is 6.20 Å². The number of halogens is 2. The molecule has 0 aliphatic carbocycles. The monoisotopic (exact) mass is 404 g/mol. The number of rotatable bonds is 4. The van der Waals surface area contributed by atoms with Crippen molar-refractivity contribution in [1.29, 1.82) is 0 Å². The van der Waals surface area contributed by atoms with Gasteiger partial charge in [0.05, 0.1) is 34.5 Å². The van der Waals surface area contributed by atoms with E-state index in [4.69, 9.17) is 28.3 Å². The molecule has 27 heavy (non-hydrogen) atoms. The minimum absolute atomic E-state index is 0.0203. The normalized spacial score (nSPS) is 11.2. The van der Waals surface area contributed by atoms with Crippen molar-refractivity contribution in [3.63, 3.8) is 0 Å². The van der Waals surface area contributed by atoms with Gasteiger partial charge < -0.3 is 5.11 Å². The summed E-state index contributed by atoms with van der Waals surface area (Å²) in [6.07, 6.45) is 3.88. The molecule has 0 saturated heterocycles. The van der Waals surface area contributed by atoms with Gasteiger partial charge in [0.1, 0.15) is 5.52 Å². The molecule has 9 nitrogen and oxygen atoms in total. The van der Waals surface area contributed by atoms with Gasteiger partial charge in [0.15, 0.2) is 5.52 Å². The third kappa shape index (κ3) is 3.18. The number of carboxylic acid groups (broad SMARTS) is 1. The largest absolute Gasteiger partial charge is 0.478 e. The first-order valence-corrected chi connectivity index (χ1v) is 8.36. The van der Waals surface area contributed by atoms with Gasteiger partial charge in [-0.2, -0.15) is 10.2 Å². The van der Waals surface area contributed by atoms with Crippen LogP contribution in [0, 0.1) is 0 Å². The predicted octanol–water partition coefficient (Wildman–Crippen LogP) is 2.36. The molecule has 4 aromatic rings. The van der Waals surface area contributed by atoms with Gasteiger partial charge >= 0.3 is 5.97 Å². The van der Waals surface area contributed by atoms with Gasteiger partial charge in [0.25, 0.3) is 5.56 Å². The lowest BCUT2D eigenvalue weighted by Gasteiger charge is -2.05. The lowest BCUT2D eigenvalue weighted by molar-refractivity contribution is 0.0697. The van der Waals surface area contributed by atoms with Crippen LogP contribution >= 0.6 is 23.2 Å². The summed E-state index contributed by atoms with van der Waals surface area (Å²) >= 11 is 11.9. The van der Waals surface area contributed by atoms with Crippen molar-refractivity contribution in [3.05, 3.63) is 68.3 Å². The molecule has 4 rings (SSSR count). The summed E-state index contributed by atoms with van der Waals surface area (Å²) in [5.41, 5.74) is 0.987. The molecule has 0 radical (unpaired) electrons. The molecule has 3 aromatic heterocycles. The van der Waals surface area contributed by atoms with Crippen LogP contribution in [-0.2, 0) is 6.54 Å². The van der Waals surface area contributed by atoms with Gasteiger partial charge in [0.2, 0.25) is 5.95 Å². The standard InChI is InChI=1S/C16H10Cl2N6O3/c17-10-2-1-8(3-11(10)18)6-23-13-12(5-20-23)21-16(22-14(13)25)24-7-9(4-19-24)15(26)27/h1-5,7H,6H2,(H,26,27)(H,21,22,25). The fourth-order valence-corrected chi connectivity index (χ4v) is 2.90. The number of hydrogen-bond donors (Lipinski definition) is 2. The lowest BCUT2D eigenvalue weighted by Crippen LogP contribution is -2.17. The van der Waals surface area contributed by atoms with Crippen LogP contribution in [0.15, 0.2) is 41.6 Å². The number of benzene rings is 1. The summed E-state index contributed by atoms with van der Waals surface area (Å²) in [4.78, 5) is 30.4. The Morgan fingerprint density at radius 1 is 1.19 bits per heavy atom. The Bertz CT molecular complexity index is 1240. The Morgan fingerprint density at radius 2 is 2.00 bits per heavy atom. The zero-order valence-electron chi connectivity index (χ0n) is 13.4. The van der Waals surface area contributed by atoms with E-state index < -0.39 is 11.5 Å². The number of carboxylic acids is 1. The average molecular weight is 405 g/mol. The molecular formula is C16H10Cl2N6O3. The molecule has 0 atom stereocenters. The number of nitrogens with zero attached hydrogens (tertiary/aromatic N) is 5. The van der Waals surface area contributed by atoms with Crippen molar-refractivity contribution >= 4 is 40.2 Å². The van der Waals surface area contributed by atoms with E-state index in [1.807, 2.05) is 0 Å². The highest BCUT2D eigenvalue weighted by molar-refractivity contribution is 6.42. The minimum Gasteiger partial charge on any atom is -0.478 e. The zero-order chi connectivity index (χ0) is 19.1. The van der Waals surface area contributed by atoms with Crippen molar-refractivity contribution in [2.24, 2.45) is 0 Å². The van der Waals surface area contributed by atoms with Crippen LogP contribution in [0.5, 0.6) is 0 Å². The van der Waals surface area contributed by atoms with E-state index in [2.05, 4.69) is 20.2 Å². The SMILES string of the molecule is O=C(O)c1cnn(-c2nc3cnn(Cc4ccc(Cl)c(Cl)c4)c3c(=O)[nH]2)c1. The van der Waals surface area contributed by atoms with Crippen LogP contribution in [0.3, 0.4) is 0 Å². The molecule has 3 heterocycles. The zero-order valence-corrected chi connectivity index (χ0v) is 14.9. The van der Waals surface area contributed by atoms with Crippen LogP contribution in [0.2, 0.25) is 10.0 Å². The number of H-pyrrole nitrogens is 1. The highest BCUT2D eigenvalue weighted by atomic mass is 35.5. The summed E-state index contributed by atoms with van der Waals surface area (Å²) in [6, 6.07) is 5.16. The molecule has 136 valence electrons. The Labute approximate surface area is 160 Å². The van der Waals surface area contributed by atoms with Gasteiger partial charge in [-0.3, -0.25) is 14.5 Å². The smallest absolute Gasteiger partial charge is 0.338 e. The predicted molar refractivity (Wildman–Crippen MR) is 97.8 cm³/mol. The molecule has 0 aliphatic rings. The molecule has 0 saturated carbocycles. The van der Waals surface area contributed by atoms with E-state index in [-0.39, 0.29) is 17.0 Å². The van der Waals surface area contributed by atoms with Gasteiger partial charge in [-0.25, -0.2) is 14.5 Å². The Kier molecular flexibility index (Phi) is 4.17. The fraction of sp³-hybridized carbons (Fsp3) is 0.0625. The Balaban J connectivity index is 1.74. The maximum atomic E-state index is 12.5. The van der Waals surface area contributed by atoms with Crippen LogP contribution in [0.25, 0.3) is 17.0 Å². The number of hydrogen-bond acceptors (Lipinski definition) is 5. The van der Waals surface area contributed by atoms with E-state index in [0.29, 0.717) is 22.1 Å². The van der Waals surface area contributed by atoms with Crippen molar-refractivity contribution in [2.75, 3.05) is 0 Å². The van der Waals surface area contributed by atoms with Gasteiger partial charge in [-0.15, -0.1) is 0 Å². The number of carbonyl (C=O) groups is 1. The van der Waals surface area contributed by atoms with Crippen molar-refractivity contribution in [1.82, 2.24) is 29.5 Å².